The molecule has 1 saturated heterocycles. The molecule has 1 heterocycles. The van der Waals surface area contributed by atoms with Gasteiger partial charge in [-0.05, 0) is 17.7 Å². The van der Waals surface area contributed by atoms with Crippen LogP contribution in [0.5, 0.6) is 5.75 Å². The number of amides is 1. The Morgan fingerprint density at radius 2 is 2.19 bits per heavy atom. The van der Waals surface area contributed by atoms with Crippen LogP contribution >= 0.6 is 0 Å². The lowest BCUT2D eigenvalue weighted by Gasteiger charge is -2.15. The molecule has 1 aliphatic heterocycles. The molecule has 116 valence electrons. The maximum atomic E-state index is 13.0. The van der Waals surface area contributed by atoms with Gasteiger partial charge in [-0.15, -0.1) is 0 Å². The van der Waals surface area contributed by atoms with Gasteiger partial charge < -0.3 is 15.2 Å². The third kappa shape index (κ3) is 4.12. The van der Waals surface area contributed by atoms with Gasteiger partial charge in [0.25, 0.3) is 5.92 Å². The molecule has 1 aromatic carbocycles. The van der Waals surface area contributed by atoms with Gasteiger partial charge >= 0.3 is 0 Å². The second-order valence-corrected chi connectivity index (χ2v) is 5.03. The van der Waals surface area contributed by atoms with Gasteiger partial charge in [0.15, 0.2) is 0 Å². The van der Waals surface area contributed by atoms with Crippen molar-refractivity contribution < 1.29 is 23.4 Å². The van der Waals surface area contributed by atoms with E-state index in [9.17, 15) is 18.7 Å². The third-order valence-corrected chi connectivity index (χ3v) is 3.40. The van der Waals surface area contributed by atoms with Gasteiger partial charge in [0.2, 0.25) is 5.91 Å². The van der Waals surface area contributed by atoms with Crippen molar-refractivity contribution in [3.05, 3.63) is 29.8 Å². The molecule has 0 spiro atoms. The molecule has 2 rings (SSSR count). The number of hydrogen-bond donors (Lipinski definition) is 3. The molecule has 0 saturated carbocycles. The van der Waals surface area contributed by atoms with Crippen LogP contribution in [0.15, 0.2) is 24.3 Å². The van der Waals surface area contributed by atoms with Crippen LogP contribution in [-0.2, 0) is 4.79 Å². The Bertz CT molecular complexity index is 493. The van der Waals surface area contributed by atoms with E-state index < -0.39 is 36.9 Å². The van der Waals surface area contributed by atoms with Crippen molar-refractivity contribution in [3.8, 4) is 5.75 Å². The molecule has 3 N–H and O–H groups in total. The summed E-state index contributed by atoms with van der Waals surface area (Å²) in [6.45, 7) is -0.527. The van der Waals surface area contributed by atoms with Crippen LogP contribution < -0.4 is 15.4 Å². The van der Waals surface area contributed by atoms with Crippen molar-refractivity contribution in [1.29, 1.82) is 0 Å². The normalized spacial score (nSPS) is 21.8. The van der Waals surface area contributed by atoms with E-state index in [4.69, 9.17) is 4.74 Å². The molecular formula is C14H18F2N2O3. The number of carbonyl (C=O) groups is 1. The summed E-state index contributed by atoms with van der Waals surface area (Å²) >= 11 is 0. The van der Waals surface area contributed by atoms with Crippen molar-refractivity contribution in [2.24, 2.45) is 0 Å². The first-order valence-corrected chi connectivity index (χ1v) is 6.62. The van der Waals surface area contributed by atoms with Gasteiger partial charge in [-0.3, -0.25) is 10.1 Å². The zero-order valence-corrected chi connectivity index (χ0v) is 11.6. The number of rotatable bonds is 5. The molecule has 1 aromatic rings. The minimum atomic E-state index is -2.85. The fourth-order valence-corrected chi connectivity index (χ4v) is 2.17. The Morgan fingerprint density at radius 3 is 2.71 bits per heavy atom. The number of nitrogens with one attached hydrogen (secondary N) is 2. The second-order valence-electron chi connectivity index (χ2n) is 5.03. The van der Waals surface area contributed by atoms with Gasteiger partial charge in [-0.25, -0.2) is 8.78 Å². The lowest BCUT2D eigenvalue weighted by atomic mass is 10.1. The predicted octanol–water partition coefficient (Wildman–Crippen LogP) is 0.842. The number of hydrogen-bond acceptors (Lipinski definition) is 4. The average Bonchev–Trinajstić information content (AvgIpc) is 2.84. The number of alkyl halides is 2. The van der Waals surface area contributed by atoms with E-state index in [0.717, 1.165) is 0 Å². The number of carbonyl (C=O) groups excluding carboxylic acids is 1. The Balaban J connectivity index is 1.83. The number of aliphatic hydroxyl groups is 1. The lowest BCUT2D eigenvalue weighted by molar-refractivity contribution is -0.123. The topological polar surface area (TPSA) is 70.6 Å². The largest absolute Gasteiger partial charge is 0.497 e. The van der Waals surface area contributed by atoms with Crippen LogP contribution in [0, 0.1) is 0 Å². The summed E-state index contributed by atoms with van der Waals surface area (Å²) in [6, 6.07) is 5.83. The first kappa shape index (κ1) is 15.7. The van der Waals surface area contributed by atoms with E-state index in [0.29, 0.717) is 11.3 Å². The number of methoxy groups -OCH3 is 1. The standard InChI is InChI=1S/C14H18F2N2O3/c1-21-10-4-2-9(3-5-10)12(19)7-17-13(20)11-6-14(15,16)8-18-11/h2-5,11-12,18-19H,6-8H2,1H3,(H,17,20). The maximum absolute atomic E-state index is 13.0. The lowest BCUT2D eigenvalue weighted by Crippen LogP contribution is -2.41. The first-order chi connectivity index (χ1) is 9.91. The second kappa shape index (κ2) is 6.36. The summed E-state index contributed by atoms with van der Waals surface area (Å²) in [7, 11) is 1.54. The number of halogens is 2. The van der Waals surface area contributed by atoms with Crippen LogP contribution in [-0.4, -0.2) is 43.2 Å². The van der Waals surface area contributed by atoms with Crippen LogP contribution in [0.4, 0.5) is 8.78 Å². The van der Waals surface area contributed by atoms with Crippen molar-refractivity contribution >= 4 is 5.91 Å². The molecule has 2 unspecified atom stereocenters. The Kier molecular flexibility index (Phi) is 4.74. The first-order valence-electron chi connectivity index (χ1n) is 6.62. The van der Waals surface area contributed by atoms with Crippen molar-refractivity contribution in [1.82, 2.24) is 10.6 Å². The van der Waals surface area contributed by atoms with Gasteiger partial charge in [0.1, 0.15) is 5.75 Å². The summed E-state index contributed by atoms with van der Waals surface area (Å²) in [4.78, 5) is 11.7. The van der Waals surface area contributed by atoms with E-state index in [1.807, 2.05) is 0 Å². The van der Waals surface area contributed by atoms with E-state index >= 15 is 0 Å². The minimum absolute atomic E-state index is 0.0328. The molecule has 7 heteroatoms. The molecule has 0 bridgehead atoms. The summed E-state index contributed by atoms with van der Waals surface area (Å²) < 4.78 is 31.0. The van der Waals surface area contributed by atoms with Gasteiger partial charge in [-0.2, -0.15) is 0 Å². The number of aliphatic hydroxyl groups excluding tert-OH is 1. The van der Waals surface area contributed by atoms with Crippen molar-refractivity contribution in [2.45, 2.75) is 24.5 Å². The molecule has 1 fully saturated rings. The van der Waals surface area contributed by atoms with E-state index in [1.165, 1.54) is 7.11 Å². The Hall–Kier alpha value is -1.73. The van der Waals surface area contributed by atoms with Crippen molar-refractivity contribution in [3.63, 3.8) is 0 Å². The average molecular weight is 300 g/mol. The molecule has 2 atom stereocenters. The number of ether oxygens (including phenoxy) is 1. The van der Waals surface area contributed by atoms with Crippen LogP contribution in [0.2, 0.25) is 0 Å². The quantitative estimate of drug-likeness (QED) is 0.754. The summed E-state index contributed by atoms with van der Waals surface area (Å²) in [5, 5.41) is 14.9. The zero-order chi connectivity index (χ0) is 15.5. The summed E-state index contributed by atoms with van der Waals surface area (Å²) in [5.74, 6) is -2.72. The number of benzene rings is 1. The smallest absolute Gasteiger partial charge is 0.262 e. The van der Waals surface area contributed by atoms with Crippen LogP contribution in [0.25, 0.3) is 0 Å². The maximum Gasteiger partial charge on any atom is 0.262 e. The van der Waals surface area contributed by atoms with Gasteiger partial charge in [0, 0.05) is 13.0 Å². The highest BCUT2D eigenvalue weighted by atomic mass is 19.3. The molecule has 21 heavy (non-hydrogen) atoms. The minimum Gasteiger partial charge on any atom is -0.497 e. The summed E-state index contributed by atoms with van der Waals surface area (Å²) in [6.07, 6.45) is -1.42. The molecule has 1 aliphatic rings. The molecule has 0 aliphatic carbocycles. The Labute approximate surface area is 121 Å². The SMILES string of the molecule is COc1ccc(C(O)CNC(=O)C2CC(F)(F)CN2)cc1. The van der Waals surface area contributed by atoms with Crippen molar-refractivity contribution in [2.75, 3.05) is 20.2 Å². The molecule has 5 nitrogen and oxygen atoms in total. The monoisotopic (exact) mass is 300 g/mol. The predicted molar refractivity (Wildman–Crippen MR) is 72.3 cm³/mol. The van der Waals surface area contributed by atoms with Crippen LogP contribution in [0.1, 0.15) is 18.1 Å². The summed E-state index contributed by atoms with van der Waals surface area (Å²) in [5.41, 5.74) is 0.612. The molecule has 1 amide bonds. The van der Waals surface area contributed by atoms with Crippen LogP contribution in [0.3, 0.4) is 0 Å². The van der Waals surface area contributed by atoms with E-state index in [1.54, 1.807) is 24.3 Å². The fraction of sp³-hybridized carbons (Fsp3) is 0.500. The van der Waals surface area contributed by atoms with E-state index in [2.05, 4.69) is 10.6 Å². The molecular weight excluding hydrogens is 282 g/mol. The molecule has 0 aromatic heterocycles. The zero-order valence-electron chi connectivity index (χ0n) is 11.6. The van der Waals surface area contributed by atoms with Gasteiger partial charge in [-0.1, -0.05) is 12.1 Å². The third-order valence-electron chi connectivity index (χ3n) is 3.40. The highest BCUT2D eigenvalue weighted by molar-refractivity contribution is 5.82. The van der Waals surface area contributed by atoms with Gasteiger partial charge in [0.05, 0.1) is 25.8 Å². The Morgan fingerprint density at radius 1 is 1.52 bits per heavy atom. The molecule has 0 radical (unpaired) electrons. The highest BCUT2D eigenvalue weighted by Crippen LogP contribution is 2.25. The fourth-order valence-electron chi connectivity index (χ4n) is 2.17. The van der Waals surface area contributed by atoms with E-state index in [-0.39, 0.29) is 6.54 Å². The highest BCUT2D eigenvalue weighted by Gasteiger charge is 2.42.